The number of hydrogen-bond donors (Lipinski definition) is 0. The summed E-state index contributed by atoms with van der Waals surface area (Å²) < 4.78 is 46.6. The molecule has 0 aliphatic rings. The first-order chi connectivity index (χ1) is 13.0. The molecule has 4 nitrogen and oxygen atoms in total. The molecule has 4 rings (SSSR count). The van der Waals surface area contributed by atoms with Crippen LogP contribution in [0.3, 0.4) is 0 Å². The third kappa shape index (κ3) is 3.43. The van der Waals surface area contributed by atoms with E-state index in [1.165, 1.54) is 29.4 Å². The molecule has 1 amide bonds. The van der Waals surface area contributed by atoms with Gasteiger partial charge in [0.2, 0.25) is 0 Å². The molecule has 0 N–H and O–H groups in total. The summed E-state index contributed by atoms with van der Waals surface area (Å²) in [7, 11) is 0. The van der Waals surface area contributed by atoms with E-state index in [1.807, 2.05) is 0 Å². The van der Waals surface area contributed by atoms with Gasteiger partial charge in [-0.15, -0.1) is 0 Å². The summed E-state index contributed by atoms with van der Waals surface area (Å²) >= 11 is 0.961. The van der Waals surface area contributed by atoms with Gasteiger partial charge in [-0.1, -0.05) is 17.4 Å². The van der Waals surface area contributed by atoms with Crippen molar-refractivity contribution in [2.45, 2.75) is 6.54 Å². The van der Waals surface area contributed by atoms with E-state index in [4.69, 9.17) is 4.42 Å². The second kappa shape index (κ2) is 6.88. The quantitative estimate of drug-likeness (QED) is 0.486. The summed E-state index contributed by atoms with van der Waals surface area (Å²) in [5.41, 5.74) is 0.0698. The number of halogens is 3. The van der Waals surface area contributed by atoms with Crippen molar-refractivity contribution in [3.05, 3.63) is 83.6 Å². The minimum atomic E-state index is -0.816. The average molecular weight is 388 g/mol. The van der Waals surface area contributed by atoms with E-state index >= 15 is 0 Å². The molecule has 0 aliphatic heterocycles. The molecule has 2 aromatic heterocycles. The lowest BCUT2D eigenvalue weighted by molar-refractivity contribution is 0.0983. The highest BCUT2D eigenvalue weighted by atomic mass is 32.1. The Morgan fingerprint density at radius 3 is 2.67 bits per heavy atom. The van der Waals surface area contributed by atoms with E-state index in [-0.39, 0.29) is 27.5 Å². The minimum Gasteiger partial charge on any atom is -0.467 e. The Bertz CT molecular complexity index is 1130. The van der Waals surface area contributed by atoms with Crippen LogP contribution in [-0.4, -0.2) is 10.9 Å². The lowest BCUT2D eigenvalue weighted by atomic mass is 10.2. The first kappa shape index (κ1) is 17.3. The number of amides is 1. The van der Waals surface area contributed by atoms with Gasteiger partial charge in [0.05, 0.1) is 17.5 Å². The second-order valence-electron chi connectivity index (χ2n) is 5.71. The van der Waals surface area contributed by atoms with Gasteiger partial charge in [0.25, 0.3) is 5.91 Å². The number of hydrogen-bond acceptors (Lipinski definition) is 4. The number of benzene rings is 2. The minimum absolute atomic E-state index is 0.00622. The van der Waals surface area contributed by atoms with E-state index in [0.29, 0.717) is 5.76 Å². The first-order valence-corrected chi connectivity index (χ1v) is 8.68. The van der Waals surface area contributed by atoms with Crippen LogP contribution in [0.2, 0.25) is 0 Å². The maximum absolute atomic E-state index is 14.0. The largest absolute Gasteiger partial charge is 0.467 e. The van der Waals surface area contributed by atoms with Crippen LogP contribution in [0.4, 0.5) is 18.3 Å². The lowest BCUT2D eigenvalue weighted by Crippen LogP contribution is -2.30. The van der Waals surface area contributed by atoms with E-state index < -0.39 is 23.4 Å². The molecule has 0 saturated heterocycles. The first-order valence-electron chi connectivity index (χ1n) is 7.86. The fourth-order valence-electron chi connectivity index (χ4n) is 2.62. The summed E-state index contributed by atoms with van der Waals surface area (Å²) in [5, 5.41) is 0.153. The molecule has 27 heavy (non-hydrogen) atoms. The highest BCUT2D eigenvalue weighted by Gasteiger charge is 2.24. The number of thiazole rings is 1. The molecule has 8 heteroatoms. The number of fused-ring (bicyclic) bond motifs is 1. The summed E-state index contributed by atoms with van der Waals surface area (Å²) in [5.74, 6) is -2.18. The normalized spacial score (nSPS) is 11.1. The van der Waals surface area contributed by atoms with Gasteiger partial charge in [0, 0.05) is 11.6 Å². The summed E-state index contributed by atoms with van der Waals surface area (Å²) in [4.78, 5) is 18.4. The standard InChI is InChI=1S/C19H11F3N2O2S/c20-12-4-1-3-11(7-12)18(25)24(10-14-5-2-6-26-14)19-23-17-15(22)8-13(21)9-16(17)27-19/h1-9H,10H2. The monoisotopic (exact) mass is 388 g/mol. The number of anilines is 1. The van der Waals surface area contributed by atoms with Crippen LogP contribution in [0, 0.1) is 17.5 Å². The van der Waals surface area contributed by atoms with Crippen molar-refractivity contribution >= 4 is 32.6 Å². The van der Waals surface area contributed by atoms with Crippen molar-refractivity contribution in [2.75, 3.05) is 4.90 Å². The molecular formula is C19H11F3N2O2S. The van der Waals surface area contributed by atoms with Gasteiger partial charge >= 0.3 is 0 Å². The molecule has 0 atom stereocenters. The third-order valence-electron chi connectivity index (χ3n) is 3.84. The van der Waals surface area contributed by atoms with Gasteiger partial charge < -0.3 is 4.42 Å². The zero-order chi connectivity index (χ0) is 19.0. The van der Waals surface area contributed by atoms with Crippen LogP contribution in [0.15, 0.2) is 59.2 Å². The predicted octanol–water partition coefficient (Wildman–Crippen LogP) is 5.15. The molecule has 0 aliphatic carbocycles. The smallest absolute Gasteiger partial charge is 0.260 e. The zero-order valence-electron chi connectivity index (χ0n) is 13.7. The Balaban J connectivity index is 1.80. The van der Waals surface area contributed by atoms with Crippen molar-refractivity contribution in [3.8, 4) is 0 Å². The maximum atomic E-state index is 14.0. The van der Waals surface area contributed by atoms with Crippen LogP contribution in [0.1, 0.15) is 16.1 Å². The van der Waals surface area contributed by atoms with Crippen molar-refractivity contribution in [3.63, 3.8) is 0 Å². The van der Waals surface area contributed by atoms with Crippen molar-refractivity contribution < 1.29 is 22.4 Å². The lowest BCUT2D eigenvalue weighted by Gasteiger charge is -2.18. The van der Waals surface area contributed by atoms with E-state index in [9.17, 15) is 18.0 Å². The molecule has 2 heterocycles. The van der Waals surface area contributed by atoms with Gasteiger partial charge in [-0.2, -0.15) is 0 Å². The van der Waals surface area contributed by atoms with Gasteiger partial charge in [-0.25, -0.2) is 18.2 Å². The number of rotatable bonds is 4. The van der Waals surface area contributed by atoms with Crippen LogP contribution in [-0.2, 0) is 6.54 Å². The number of furan rings is 1. The molecule has 136 valence electrons. The van der Waals surface area contributed by atoms with Crippen LogP contribution in [0.25, 0.3) is 10.2 Å². The van der Waals surface area contributed by atoms with Crippen LogP contribution >= 0.6 is 11.3 Å². The van der Waals surface area contributed by atoms with Crippen LogP contribution < -0.4 is 4.90 Å². The summed E-state index contributed by atoms with van der Waals surface area (Å²) in [6.07, 6.45) is 1.45. The number of carbonyl (C=O) groups is 1. The van der Waals surface area contributed by atoms with Crippen molar-refractivity contribution in [1.82, 2.24) is 4.98 Å². The van der Waals surface area contributed by atoms with Gasteiger partial charge in [0.1, 0.15) is 22.9 Å². The molecule has 0 bridgehead atoms. The highest BCUT2D eigenvalue weighted by Crippen LogP contribution is 2.32. The van der Waals surface area contributed by atoms with Gasteiger partial charge in [-0.3, -0.25) is 9.69 Å². The van der Waals surface area contributed by atoms with E-state index in [1.54, 1.807) is 12.1 Å². The third-order valence-corrected chi connectivity index (χ3v) is 4.87. The summed E-state index contributed by atoms with van der Waals surface area (Å²) in [6.45, 7) is 0.00622. The molecule has 2 aromatic carbocycles. The number of nitrogens with zero attached hydrogens (tertiary/aromatic N) is 2. The SMILES string of the molecule is O=C(c1cccc(F)c1)N(Cc1ccco1)c1nc2c(F)cc(F)cc2s1. The molecule has 4 aromatic rings. The second-order valence-corrected chi connectivity index (χ2v) is 6.72. The molecule has 0 fully saturated rings. The Kier molecular flexibility index (Phi) is 4.41. The highest BCUT2D eigenvalue weighted by molar-refractivity contribution is 7.22. The molecule has 0 unspecified atom stereocenters. The number of aromatic nitrogens is 1. The van der Waals surface area contributed by atoms with Gasteiger partial charge in [-0.05, 0) is 36.4 Å². The summed E-state index contributed by atoms with van der Waals surface area (Å²) in [6, 6.07) is 10.4. The Morgan fingerprint density at radius 2 is 1.93 bits per heavy atom. The zero-order valence-corrected chi connectivity index (χ0v) is 14.5. The average Bonchev–Trinajstić information content (AvgIpc) is 3.28. The van der Waals surface area contributed by atoms with E-state index in [0.717, 1.165) is 29.5 Å². The van der Waals surface area contributed by atoms with Gasteiger partial charge in [0.15, 0.2) is 10.9 Å². The molecule has 0 saturated carbocycles. The van der Waals surface area contributed by atoms with Crippen molar-refractivity contribution in [1.29, 1.82) is 0 Å². The molecule has 0 spiro atoms. The fourth-order valence-corrected chi connectivity index (χ4v) is 3.63. The topological polar surface area (TPSA) is 46.3 Å². The van der Waals surface area contributed by atoms with Crippen molar-refractivity contribution in [2.24, 2.45) is 0 Å². The Morgan fingerprint density at radius 1 is 1.07 bits per heavy atom. The molecule has 0 radical (unpaired) electrons. The molecular weight excluding hydrogens is 377 g/mol. The number of carbonyl (C=O) groups excluding carboxylic acids is 1. The predicted molar refractivity (Wildman–Crippen MR) is 95.2 cm³/mol. The van der Waals surface area contributed by atoms with E-state index in [2.05, 4.69) is 4.98 Å². The maximum Gasteiger partial charge on any atom is 0.260 e. The van der Waals surface area contributed by atoms with Crippen LogP contribution in [0.5, 0.6) is 0 Å². The fraction of sp³-hybridized carbons (Fsp3) is 0.0526. The Hall–Kier alpha value is -3.13. The Labute approximate surface area is 155 Å².